The van der Waals surface area contributed by atoms with E-state index in [0.29, 0.717) is 6.42 Å². The van der Waals surface area contributed by atoms with Crippen molar-refractivity contribution in [2.75, 3.05) is 13.1 Å². The number of likely N-dealkylation sites (tertiary alicyclic amines) is 1. The molecule has 1 heterocycles. The molecule has 108 valence electrons. The number of nitrogens with one attached hydrogen (secondary N) is 1. The maximum Gasteiger partial charge on any atom is 0.317 e. The molecule has 2 N–H and O–H groups in total. The minimum atomic E-state index is -0.785. The van der Waals surface area contributed by atoms with Gasteiger partial charge in [-0.05, 0) is 24.7 Å². The quantitative estimate of drug-likeness (QED) is 0.805. The van der Waals surface area contributed by atoms with Gasteiger partial charge in [0.25, 0.3) is 0 Å². The number of carbonyl (C=O) groups excluding carboxylic acids is 1. The highest BCUT2D eigenvalue weighted by atomic mass is 16.4. The Morgan fingerprint density at radius 1 is 1.26 bits per heavy atom. The van der Waals surface area contributed by atoms with E-state index in [9.17, 15) is 14.7 Å². The molecular formula is C14H24N2O3. The van der Waals surface area contributed by atoms with Crippen LogP contribution in [0.4, 0.5) is 4.79 Å². The highest BCUT2D eigenvalue weighted by Gasteiger charge is 2.36. The summed E-state index contributed by atoms with van der Waals surface area (Å²) in [5.74, 6) is -1.21. The summed E-state index contributed by atoms with van der Waals surface area (Å²) in [6.07, 6.45) is 4.40. The summed E-state index contributed by atoms with van der Waals surface area (Å²) in [6, 6.07) is -0.300. The fraction of sp³-hybridized carbons (Fsp3) is 0.857. The van der Waals surface area contributed by atoms with E-state index in [1.807, 2.05) is 4.90 Å². The van der Waals surface area contributed by atoms with E-state index in [1.165, 1.54) is 0 Å². The molecule has 19 heavy (non-hydrogen) atoms. The topological polar surface area (TPSA) is 69.6 Å². The van der Waals surface area contributed by atoms with E-state index in [1.54, 1.807) is 0 Å². The Hall–Kier alpha value is -1.26. The smallest absolute Gasteiger partial charge is 0.317 e. The number of nitrogens with zero attached hydrogens (tertiary/aromatic N) is 1. The molecule has 1 aliphatic carbocycles. The molecule has 0 aromatic carbocycles. The van der Waals surface area contributed by atoms with Gasteiger partial charge in [-0.2, -0.15) is 0 Å². The minimum absolute atomic E-state index is 0.0938. The summed E-state index contributed by atoms with van der Waals surface area (Å²) in [6.45, 7) is 5.83. The molecule has 1 aliphatic heterocycles. The maximum atomic E-state index is 12.2. The third-order valence-electron chi connectivity index (χ3n) is 4.36. The Balaban J connectivity index is 1.92. The zero-order chi connectivity index (χ0) is 14.0. The lowest BCUT2D eigenvalue weighted by molar-refractivity contribution is -0.143. The highest BCUT2D eigenvalue weighted by Crippen LogP contribution is 2.29. The predicted octanol–water partition coefficient (Wildman–Crippen LogP) is 2.07. The fourth-order valence-corrected chi connectivity index (χ4v) is 3.13. The van der Waals surface area contributed by atoms with E-state index in [2.05, 4.69) is 19.2 Å². The second-order valence-electron chi connectivity index (χ2n) is 6.62. The molecule has 2 atom stereocenters. The molecule has 5 heteroatoms. The monoisotopic (exact) mass is 268 g/mol. The first kappa shape index (κ1) is 14.2. The van der Waals surface area contributed by atoms with Crippen molar-refractivity contribution in [3.05, 3.63) is 0 Å². The largest absolute Gasteiger partial charge is 0.481 e. The van der Waals surface area contributed by atoms with Gasteiger partial charge in [-0.3, -0.25) is 4.79 Å². The van der Waals surface area contributed by atoms with Gasteiger partial charge in [0.05, 0.1) is 5.92 Å². The summed E-state index contributed by atoms with van der Waals surface area (Å²) in [4.78, 5) is 25.2. The average Bonchev–Trinajstić information content (AvgIpc) is 2.70. The molecule has 2 fully saturated rings. The second kappa shape index (κ2) is 5.39. The summed E-state index contributed by atoms with van der Waals surface area (Å²) < 4.78 is 0. The zero-order valence-corrected chi connectivity index (χ0v) is 11.8. The van der Waals surface area contributed by atoms with Gasteiger partial charge in [-0.25, -0.2) is 4.79 Å². The lowest BCUT2D eigenvalue weighted by Crippen LogP contribution is -2.49. The molecule has 2 aliphatic rings. The number of hydrogen-bond acceptors (Lipinski definition) is 2. The van der Waals surface area contributed by atoms with Crippen molar-refractivity contribution in [3.63, 3.8) is 0 Å². The van der Waals surface area contributed by atoms with Crippen LogP contribution in [0.15, 0.2) is 0 Å². The molecule has 0 bridgehead atoms. The van der Waals surface area contributed by atoms with Gasteiger partial charge in [-0.15, -0.1) is 0 Å². The third kappa shape index (κ3) is 3.39. The molecule has 0 aromatic heterocycles. The minimum Gasteiger partial charge on any atom is -0.481 e. The van der Waals surface area contributed by atoms with E-state index in [0.717, 1.165) is 38.8 Å². The van der Waals surface area contributed by atoms with Crippen LogP contribution in [0.5, 0.6) is 0 Å². The van der Waals surface area contributed by atoms with Crippen LogP contribution < -0.4 is 5.32 Å². The van der Waals surface area contributed by atoms with Crippen molar-refractivity contribution in [2.24, 2.45) is 11.3 Å². The van der Waals surface area contributed by atoms with Gasteiger partial charge in [0, 0.05) is 19.1 Å². The van der Waals surface area contributed by atoms with E-state index >= 15 is 0 Å². The summed E-state index contributed by atoms with van der Waals surface area (Å²) in [5, 5.41) is 12.1. The number of carboxylic acid groups (broad SMARTS) is 1. The van der Waals surface area contributed by atoms with Crippen LogP contribution in [0.2, 0.25) is 0 Å². The Morgan fingerprint density at radius 3 is 2.53 bits per heavy atom. The number of aliphatic carboxylic acids is 1. The number of carboxylic acids is 1. The number of hydrogen-bond donors (Lipinski definition) is 2. The van der Waals surface area contributed by atoms with Gasteiger partial charge in [-0.1, -0.05) is 26.7 Å². The molecule has 0 aromatic rings. The summed E-state index contributed by atoms with van der Waals surface area (Å²) >= 11 is 0. The molecule has 5 nitrogen and oxygen atoms in total. The van der Waals surface area contributed by atoms with Crippen molar-refractivity contribution in [1.82, 2.24) is 10.2 Å². The van der Waals surface area contributed by atoms with Gasteiger partial charge in [0.1, 0.15) is 0 Å². The molecule has 1 saturated carbocycles. The van der Waals surface area contributed by atoms with E-state index < -0.39 is 11.9 Å². The lowest BCUT2D eigenvalue weighted by Gasteiger charge is -2.31. The first-order valence-electron chi connectivity index (χ1n) is 7.17. The summed E-state index contributed by atoms with van der Waals surface area (Å²) in [7, 11) is 0. The fourth-order valence-electron chi connectivity index (χ4n) is 3.13. The van der Waals surface area contributed by atoms with Crippen LogP contribution in [0.25, 0.3) is 0 Å². The third-order valence-corrected chi connectivity index (χ3v) is 4.36. The van der Waals surface area contributed by atoms with Crippen molar-refractivity contribution in [2.45, 2.75) is 52.0 Å². The zero-order valence-electron chi connectivity index (χ0n) is 11.8. The standard InChI is InChI=1S/C14H24N2O3/c1-14(2)7-8-16(9-14)13(19)15-11-6-4-3-5-10(11)12(17)18/h10-11H,3-9H2,1-2H3,(H,15,19)(H,17,18). The Morgan fingerprint density at radius 2 is 1.95 bits per heavy atom. The molecule has 2 unspecified atom stereocenters. The number of amides is 2. The first-order chi connectivity index (χ1) is 8.89. The number of carbonyl (C=O) groups is 2. The van der Waals surface area contributed by atoms with E-state index in [4.69, 9.17) is 0 Å². The molecular weight excluding hydrogens is 244 g/mol. The van der Waals surface area contributed by atoms with Crippen LogP contribution in [0.3, 0.4) is 0 Å². The molecule has 2 amide bonds. The van der Waals surface area contributed by atoms with Crippen LogP contribution in [0.1, 0.15) is 46.0 Å². The predicted molar refractivity (Wildman–Crippen MR) is 71.9 cm³/mol. The Bertz CT molecular complexity index is 368. The Kier molecular flexibility index (Phi) is 4.02. The molecule has 0 radical (unpaired) electrons. The number of rotatable bonds is 2. The second-order valence-corrected chi connectivity index (χ2v) is 6.62. The first-order valence-corrected chi connectivity index (χ1v) is 7.17. The molecule has 2 rings (SSSR count). The van der Waals surface area contributed by atoms with Crippen molar-refractivity contribution >= 4 is 12.0 Å². The average molecular weight is 268 g/mol. The Labute approximate surface area is 114 Å². The van der Waals surface area contributed by atoms with Crippen LogP contribution in [-0.4, -0.2) is 41.1 Å². The van der Waals surface area contributed by atoms with Crippen molar-refractivity contribution < 1.29 is 14.7 Å². The van der Waals surface area contributed by atoms with Gasteiger partial charge in [0.2, 0.25) is 0 Å². The normalized spacial score (nSPS) is 30.1. The number of urea groups is 1. The maximum absolute atomic E-state index is 12.2. The van der Waals surface area contributed by atoms with Gasteiger partial charge < -0.3 is 15.3 Å². The van der Waals surface area contributed by atoms with E-state index in [-0.39, 0.29) is 17.5 Å². The lowest BCUT2D eigenvalue weighted by atomic mass is 9.84. The van der Waals surface area contributed by atoms with Crippen LogP contribution in [0, 0.1) is 11.3 Å². The van der Waals surface area contributed by atoms with Crippen molar-refractivity contribution in [1.29, 1.82) is 0 Å². The van der Waals surface area contributed by atoms with Crippen molar-refractivity contribution in [3.8, 4) is 0 Å². The highest BCUT2D eigenvalue weighted by molar-refractivity contribution is 5.77. The van der Waals surface area contributed by atoms with Gasteiger partial charge >= 0.3 is 12.0 Å². The molecule has 1 saturated heterocycles. The van der Waals surface area contributed by atoms with Crippen LogP contribution >= 0.6 is 0 Å². The van der Waals surface area contributed by atoms with Gasteiger partial charge in [0.15, 0.2) is 0 Å². The molecule has 0 spiro atoms. The summed E-state index contributed by atoms with van der Waals surface area (Å²) in [5.41, 5.74) is 0.177. The SMILES string of the molecule is CC1(C)CCN(C(=O)NC2CCCCC2C(=O)O)C1. The van der Waals surface area contributed by atoms with Crippen LogP contribution in [-0.2, 0) is 4.79 Å².